The number of halogens is 1. The van der Waals surface area contributed by atoms with Gasteiger partial charge >= 0.3 is 5.97 Å². The van der Waals surface area contributed by atoms with Gasteiger partial charge in [-0.1, -0.05) is 0 Å². The molecule has 2 atom stereocenters. The Kier molecular flexibility index (Phi) is 5.66. The zero-order valence-electron chi connectivity index (χ0n) is 18.4. The average Bonchev–Trinajstić information content (AvgIpc) is 3.09. The Morgan fingerprint density at radius 3 is 2.88 bits per heavy atom. The third-order valence-electron chi connectivity index (χ3n) is 5.24. The number of thiophene rings is 1. The van der Waals surface area contributed by atoms with E-state index in [1.54, 1.807) is 6.92 Å². The first-order chi connectivity index (χ1) is 16.3. The second kappa shape index (κ2) is 8.65. The van der Waals surface area contributed by atoms with E-state index in [0.717, 1.165) is 15.8 Å². The van der Waals surface area contributed by atoms with Crippen molar-refractivity contribution in [1.82, 2.24) is 25.3 Å². The second-order valence-electron chi connectivity index (χ2n) is 7.83. The topological polar surface area (TPSA) is 128 Å². The second-order valence-corrected chi connectivity index (χ2v) is 9.22. The standard InChI is InChI=1S/C22H19ClN6O4S/c1-9-6-24-18-16-14(34-19(18)20(31)27-9)5-4-13-17(16)25-8-15(28-13)33-21-12(7-26-22(23)29-21)10(2)32-11(3)30/h4-5,7-10,24H,6H2,1-3H3,(H,27,31)/t9-,10?/m1/s1. The molecule has 34 heavy (non-hydrogen) atoms. The van der Waals surface area contributed by atoms with E-state index in [0.29, 0.717) is 28.0 Å². The number of rotatable bonds is 4. The highest BCUT2D eigenvalue weighted by molar-refractivity contribution is 7.21. The van der Waals surface area contributed by atoms with Gasteiger partial charge in [0.1, 0.15) is 11.0 Å². The van der Waals surface area contributed by atoms with E-state index in [9.17, 15) is 9.59 Å². The van der Waals surface area contributed by atoms with Crippen molar-refractivity contribution in [2.24, 2.45) is 0 Å². The minimum atomic E-state index is -0.654. The number of esters is 1. The summed E-state index contributed by atoms with van der Waals surface area (Å²) in [6.45, 7) is 5.54. The van der Waals surface area contributed by atoms with Crippen molar-refractivity contribution in [3.05, 3.63) is 40.3 Å². The molecule has 0 aliphatic carbocycles. The summed E-state index contributed by atoms with van der Waals surface area (Å²) in [6.07, 6.45) is 2.26. The summed E-state index contributed by atoms with van der Waals surface area (Å²) in [5.74, 6) is -0.266. The largest absolute Gasteiger partial charge is 0.458 e. The Morgan fingerprint density at radius 1 is 1.26 bits per heavy atom. The number of nitrogens with zero attached hydrogens (tertiary/aromatic N) is 4. The van der Waals surface area contributed by atoms with E-state index in [4.69, 9.17) is 21.1 Å². The Morgan fingerprint density at radius 2 is 2.09 bits per heavy atom. The van der Waals surface area contributed by atoms with Gasteiger partial charge in [-0.25, -0.2) is 15.0 Å². The molecule has 0 bridgehead atoms. The third kappa shape index (κ3) is 4.08. The van der Waals surface area contributed by atoms with Crippen LogP contribution in [0.5, 0.6) is 11.8 Å². The van der Waals surface area contributed by atoms with E-state index >= 15 is 0 Å². The Bertz CT molecular complexity index is 1460. The molecule has 1 aliphatic heterocycles. The maximum atomic E-state index is 12.6. The zero-order chi connectivity index (χ0) is 24.0. The number of amides is 1. The molecule has 1 aromatic carbocycles. The SMILES string of the molecule is CC(=O)OC(C)c1cnc(Cl)nc1Oc1cnc2c(ccc3sc4c(c32)NC[C@@H](C)NC4=O)n1. The maximum absolute atomic E-state index is 12.6. The lowest BCUT2D eigenvalue weighted by atomic mass is 10.1. The molecule has 4 heterocycles. The molecule has 0 fully saturated rings. The van der Waals surface area contributed by atoms with Crippen molar-refractivity contribution < 1.29 is 19.1 Å². The number of carbonyl (C=O) groups excluding carboxylic acids is 2. The zero-order valence-corrected chi connectivity index (χ0v) is 20.0. The van der Waals surface area contributed by atoms with Crippen LogP contribution in [0.15, 0.2) is 24.5 Å². The van der Waals surface area contributed by atoms with Gasteiger partial charge in [-0.3, -0.25) is 9.59 Å². The Balaban J connectivity index is 1.55. The number of fused-ring (bicyclic) bond motifs is 5. The fourth-order valence-electron chi connectivity index (χ4n) is 3.75. The number of benzene rings is 1. The first-order valence-corrected chi connectivity index (χ1v) is 11.6. The molecule has 5 rings (SSSR count). The van der Waals surface area contributed by atoms with Crippen LogP contribution in [0.25, 0.3) is 21.1 Å². The van der Waals surface area contributed by atoms with Gasteiger partial charge in [-0.15, -0.1) is 11.3 Å². The first kappa shape index (κ1) is 22.2. The van der Waals surface area contributed by atoms with Gasteiger partial charge in [-0.05, 0) is 37.6 Å². The number of aromatic nitrogens is 4. The third-order valence-corrected chi connectivity index (χ3v) is 6.58. The smallest absolute Gasteiger partial charge is 0.303 e. The lowest BCUT2D eigenvalue weighted by Gasteiger charge is -2.15. The van der Waals surface area contributed by atoms with Crippen LogP contribution in [0, 0.1) is 0 Å². The molecule has 3 aromatic heterocycles. The van der Waals surface area contributed by atoms with E-state index in [-0.39, 0.29) is 29.0 Å². The van der Waals surface area contributed by atoms with Crippen LogP contribution in [0.3, 0.4) is 0 Å². The van der Waals surface area contributed by atoms with Crippen molar-refractivity contribution in [1.29, 1.82) is 0 Å². The number of nitrogens with one attached hydrogen (secondary N) is 2. The number of anilines is 1. The molecule has 0 spiro atoms. The molecule has 2 N–H and O–H groups in total. The van der Waals surface area contributed by atoms with Crippen LogP contribution >= 0.6 is 22.9 Å². The molecule has 1 aliphatic rings. The van der Waals surface area contributed by atoms with Crippen LogP contribution in [0.4, 0.5) is 5.69 Å². The molecule has 12 heteroatoms. The van der Waals surface area contributed by atoms with Crippen molar-refractivity contribution in [3.63, 3.8) is 0 Å². The lowest BCUT2D eigenvalue weighted by Crippen LogP contribution is -2.34. The average molecular weight is 499 g/mol. The normalized spacial score (nSPS) is 16.4. The quantitative estimate of drug-likeness (QED) is 0.313. The van der Waals surface area contributed by atoms with Gasteiger partial charge in [0.25, 0.3) is 5.91 Å². The number of hydrogen-bond acceptors (Lipinski definition) is 10. The molecule has 174 valence electrons. The summed E-state index contributed by atoms with van der Waals surface area (Å²) < 4.78 is 12.0. The molecule has 4 aromatic rings. The molecule has 10 nitrogen and oxygen atoms in total. The number of ether oxygens (including phenoxy) is 2. The van der Waals surface area contributed by atoms with Gasteiger partial charge in [0.2, 0.25) is 17.0 Å². The van der Waals surface area contributed by atoms with Crippen molar-refractivity contribution in [2.75, 3.05) is 11.9 Å². The molecular formula is C22H19ClN6O4S. The monoisotopic (exact) mass is 498 g/mol. The van der Waals surface area contributed by atoms with Crippen LogP contribution in [-0.4, -0.2) is 44.4 Å². The molecule has 1 amide bonds. The van der Waals surface area contributed by atoms with Gasteiger partial charge < -0.3 is 20.1 Å². The van der Waals surface area contributed by atoms with Crippen molar-refractivity contribution >= 4 is 61.6 Å². The van der Waals surface area contributed by atoms with Crippen molar-refractivity contribution in [2.45, 2.75) is 32.9 Å². The Hall–Kier alpha value is -3.57. The summed E-state index contributed by atoms with van der Waals surface area (Å²) in [7, 11) is 0. The predicted octanol–water partition coefficient (Wildman–Crippen LogP) is 4.25. The van der Waals surface area contributed by atoms with E-state index in [1.807, 2.05) is 19.1 Å². The number of carbonyl (C=O) groups is 2. The highest BCUT2D eigenvalue weighted by Gasteiger charge is 2.25. The van der Waals surface area contributed by atoms with Gasteiger partial charge in [0.05, 0.1) is 28.5 Å². The summed E-state index contributed by atoms with van der Waals surface area (Å²) in [6, 6.07) is 3.73. The minimum Gasteiger partial charge on any atom is -0.458 e. The van der Waals surface area contributed by atoms with Gasteiger partial charge in [0, 0.05) is 35.8 Å². The molecular weight excluding hydrogens is 480 g/mol. The summed E-state index contributed by atoms with van der Waals surface area (Å²) in [5.41, 5.74) is 2.42. The van der Waals surface area contributed by atoms with Crippen LogP contribution in [-0.2, 0) is 9.53 Å². The first-order valence-electron chi connectivity index (χ1n) is 10.4. The summed E-state index contributed by atoms with van der Waals surface area (Å²) in [5, 5.41) is 7.16. The van der Waals surface area contributed by atoms with Crippen LogP contribution < -0.4 is 15.4 Å². The summed E-state index contributed by atoms with van der Waals surface area (Å²) >= 11 is 7.37. The summed E-state index contributed by atoms with van der Waals surface area (Å²) in [4.78, 5) is 41.9. The predicted molar refractivity (Wildman–Crippen MR) is 128 cm³/mol. The molecule has 1 unspecified atom stereocenters. The molecule has 0 saturated carbocycles. The van der Waals surface area contributed by atoms with E-state index in [1.165, 1.54) is 30.7 Å². The van der Waals surface area contributed by atoms with E-state index < -0.39 is 12.1 Å². The lowest BCUT2D eigenvalue weighted by molar-refractivity contribution is -0.145. The molecule has 0 radical (unpaired) electrons. The van der Waals surface area contributed by atoms with Crippen molar-refractivity contribution in [3.8, 4) is 11.8 Å². The van der Waals surface area contributed by atoms with Gasteiger partial charge in [0.15, 0.2) is 0 Å². The van der Waals surface area contributed by atoms with Crippen LogP contribution in [0.2, 0.25) is 5.28 Å². The fourth-order valence-corrected chi connectivity index (χ4v) is 4.96. The van der Waals surface area contributed by atoms with Crippen LogP contribution in [0.1, 0.15) is 42.1 Å². The number of hydrogen-bond donors (Lipinski definition) is 2. The molecule has 0 saturated heterocycles. The highest BCUT2D eigenvalue weighted by Crippen LogP contribution is 2.40. The minimum absolute atomic E-state index is 0.00599. The van der Waals surface area contributed by atoms with E-state index in [2.05, 4.69) is 30.6 Å². The fraction of sp³-hybridized carbons (Fsp3) is 0.273. The Labute approximate surface area is 202 Å². The maximum Gasteiger partial charge on any atom is 0.303 e. The highest BCUT2D eigenvalue weighted by atomic mass is 35.5. The van der Waals surface area contributed by atoms with Gasteiger partial charge in [-0.2, -0.15) is 4.98 Å².